The molecule has 8 heteroatoms. The van der Waals surface area contributed by atoms with Gasteiger partial charge in [-0.2, -0.15) is 0 Å². The van der Waals surface area contributed by atoms with Gasteiger partial charge in [0.05, 0.1) is 13.2 Å². The molecule has 2 N–H and O–H groups in total. The van der Waals surface area contributed by atoms with Crippen molar-refractivity contribution >= 4 is 11.9 Å². The number of carbonyl (C=O) groups excluding carboxylic acids is 2. The molecule has 8 nitrogen and oxygen atoms in total. The van der Waals surface area contributed by atoms with Crippen molar-refractivity contribution < 1.29 is 23.8 Å². The van der Waals surface area contributed by atoms with Gasteiger partial charge in [-0.05, 0) is 36.1 Å². The predicted octanol–water partition coefficient (Wildman–Crippen LogP) is 3.66. The number of rotatable bonds is 13. The maximum Gasteiger partial charge on any atom is 0.315 e. The highest BCUT2D eigenvalue weighted by atomic mass is 16.5. The van der Waals surface area contributed by atoms with Crippen molar-refractivity contribution in [1.82, 2.24) is 15.5 Å². The average molecular weight is 482 g/mol. The van der Waals surface area contributed by atoms with Crippen molar-refractivity contribution in [1.29, 1.82) is 0 Å². The summed E-state index contributed by atoms with van der Waals surface area (Å²) in [6.07, 6.45) is 3.83. The van der Waals surface area contributed by atoms with Crippen molar-refractivity contribution in [2.24, 2.45) is 0 Å². The highest BCUT2D eigenvalue weighted by molar-refractivity contribution is 5.78. The van der Waals surface area contributed by atoms with E-state index in [-0.39, 0.29) is 31.0 Å². The van der Waals surface area contributed by atoms with E-state index in [1.54, 1.807) is 18.1 Å². The number of hydrogen-bond acceptors (Lipinski definition) is 5. The Balaban J connectivity index is 1.55. The average Bonchev–Trinajstić information content (AvgIpc) is 3.40. The Labute approximate surface area is 207 Å². The molecule has 0 spiro atoms. The van der Waals surface area contributed by atoms with Crippen LogP contribution in [-0.4, -0.2) is 56.4 Å². The van der Waals surface area contributed by atoms with E-state index in [0.717, 1.165) is 30.6 Å². The Morgan fingerprint density at radius 3 is 2.69 bits per heavy atom. The fraction of sp³-hybridized carbons (Fsp3) is 0.407. The van der Waals surface area contributed by atoms with Gasteiger partial charge in [0.25, 0.3) is 0 Å². The molecule has 1 atom stereocenters. The van der Waals surface area contributed by atoms with Crippen LogP contribution in [0, 0.1) is 0 Å². The maximum absolute atomic E-state index is 13.1. The number of benzene rings is 2. The van der Waals surface area contributed by atoms with E-state index in [9.17, 15) is 9.59 Å². The number of carbonyl (C=O) groups is 2. The van der Waals surface area contributed by atoms with Gasteiger partial charge >= 0.3 is 6.03 Å². The van der Waals surface area contributed by atoms with E-state index in [1.165, 1.54) is 0 Å². The topological polar surface area (TPSA) is 89.1 Å². The van der Waals surface area contributed by atoms with E-state index in [0.29, 0.717) is 37.7 Å². The smallest absolute Gasteiger partial charge is 0.315 e. The third-order valence-corrected chi connectivity index (χ3v) is 5.68. The minimum absolute atomic E-state index is 0.0261. The van der Waals surface area contributed by atoms with Crippen LogP contribution in [0.4, 0.5) is 4.79 Å². The Morgan fingerprint density at radius 1 is 1.14 bits per heavy atom. The van der Waals surface area contributed by atoms with Crippen LogP contribution < -0.4 is 20.1 Å². The molecule has 2 aromatic carbocycles. The van der Waals surface area contributed by atoms with Crippen LogP contribution in [0.3, 0.4) is 0 Å². The number of nitrogens with one attached hydrogen (secondary N) is 2. The van der Waals surface area contributed by atoms with Gasteiger partial charge in [-0.1, -0.05) is 49.1 Å². The summed E-state index contributed by atoms with van der Waals surface area (Å²) in [5, 5.41) is 5.57. The van der Waals surface area contributed by atoms with Gasteiger partial charge in [-0.25, -0.2) is 4.79 Å². The van der Waals surface area contributed by atoms with Crippen LogP contribution in [0.2, 0.25) is 0 Å². The molecule has 1 fully saturated rings. The van der Waals surface area contributed by atoms with Crippen LogP contribution >= 0.6 is 0 Å². The van der Waals surface area contributed by atoms with Crippen LogP contribution in [0.15, 0.2) is 61.2 Å². The Morgan fingerprint density at radius 2 is 1.97 bits per heavy atom. The third-order valence-electron chi connectivity index (χ3n) is 5.68. The zero-order chi connectivity index (χ0) is 24.9. The molecule has 1 aliphatic rings. The van der Waals surface area contributed by atoms with Gasteiger partial charge in [0.1, 0.15) is 6.61 Å². The quantitative estimate of drug-likeness (QED) is 0.426. The lowest BCUT2D eigenvalue weighted by Crippen LogP contribution is -2.40. The summed E-state index contributed by atoms with van der Waals surface area (Å²) in [7, 11) is 1.59. The van der Waals surface area contributed by atoms with Crippen molar-refractivity contribution in [2.45, 2.75) is 38.5 Å². The molecule has 3 rings (SSSR count). The van der Waals surface area contributed by atoms with Crippen molar-refractivity contribution in [3.63, 3.8) is 0 Å². The van der Waals surface area contributed by atoms with Crippen molar-refractivity contribution in [3.8, 4) is 11.5 Å². The molecule has 35 heavy (non-hydrogen) atoms. The number of methoxy groups -OCH3 is 1. The van der Waals surface area contributed by atoms with E-state index in [4.69, 9.17) is 14.2 Å². The molecular weight excluding hydrogens is 446 g/mol. The zero-order valence-electron chi connectivity index (χ0n) is 20.3. The summed E-state index contributed by atoms with van der Waals surface area (Å²) in [5.74, 6) is 1.18. The van der Waals surface area contributed by atoms with E-state index >= 15 is 0 Å². The SMILES string of the molecule is C=CCOc1ccc(CN(CC2CCCO2)C(=O)CCNC(=O)NCc2ccccc2)cc1OC. The molecule has 3 amide bonds. The normalized spacial score (nSPS) is 14.7. The first-order valence-electron chi connectivity index (χ1n) is 11.9. The third kappa shape index (κ3) is 8.64. The minimum atomic E-state index is -0.299. The van der Waals surface area contributed by atoms with Gasteiger partial charge in [-0.15, -0.1) is 0 Å². The number of amides is 3. The first kappa shape index (κ1) is 26.1. The summed E-state index contributed by atoms with van der Waals surface area (Å²) in [6.45, 7) is 6.37. The molecule has 0 radical (unpaired) electrons. The molecule has 0 aliphatic carbocycles. The molecule has 188 valence electrons. The highest BCUT2D eigenvalue weighted by Crippen LogP contribution is 2.29. The summed E-state index contributed by atoms with van der Waals surface area (Å²) in [5.41, 5.74) is 1.94. The molecule has 1 heterocycles. The van der Waals surface area contributed by atoms with Gasteiger partial charge in [0.2, 0.25) is 5.91 Å². The first-order valence-corrected chi connectivity index (χ1v) is 11.9. The van der Waals surface area contributed by atoms with E-state index < -0.39 is 0 Å². The van der Waals surface area contributed by atoms with Crippen molar-refractivity contribution in [3.05, 3.63) is 72.3 Å². The summed E-state index contributed by atoms with van der Waals surface area (Å²) in [4.78, 5) is 27.0. The van der Waals surface area contributed by atoms with Crippen LogP contribution in [0.1, 0.15) is 30.4 Å². The van der Waals surface area contributed by atoms with E-state index in [1.807, 2.05) is 48.5 Å². The Hall–Kier alpha value is -3.52. The first-order chi connectivity index (χ1) is 17.1. The molecule has 0 bridgehead atoms. The van der Waals surface area contributed by atoms with Gasteiger partial charge in [-0.3, -0.25) is 4.79 Å². The summed E-state index contributed by atoms with van der Waals surface area (Å²) in [6, 6.07) is 15.0. The largest absolute Gasteiger partial charge is 0.493 e. The van der Waals surface area contributed by atoms with Gasteiger partial charge in [0, 0.05) is 39.2 Å². The van der Waals surface area contributed by atoms with Crippen LogP contribution in [0.5, 0.6) is 11.5 Å². The lowest BCUT2D eigenvalue weighted by Gasteiger charge is -2.26. The van der Waals surface area contributed by atoms with Crippen LogP contribution in [-0.2, 0) is 22.6 Å². The lowest BCUT2D eigenvalue weighted by atomic mass is 10.1. The van der Waals surface area contributed by atoms with Gasteiger partial charge < -0.3 is 29.7 Å². The molecular formula is C27H35N3O5. The second kappa shape index (κ2) is 14.0. The molecule has 0 saturated carbocycles. The molecule has 2 aromatic rings. The number of hydrogen-bond donors (Lipinski definition) is 2. The number of ether oxygens (including phenoxy) is 3. The Kier molecular flexibility index (Phi) is 10.4. The molecule has 1 saturated heterocycles. The molecule has 0 aromatic heterocycles. The zero-order valence-corrected chi connectivity index (χ0v) is 20.3. The Bertz CT molecular complexity index is 961. The second-order valence-electron chi connectivity index (χ2n) is 8.34. The fourth-order valence-electron chi connectivity index (χ4n) is 3.87. The highest BCUT2D eigenvalue weighted by Gasteiger charge is 2.23. The second-order valence-corrected chi connectivity index (χ2v) is 8.34. The standard InChI is InChI=1S/C27H35N3O5/c1-3-15-35-24-12-11-22(17-25(24)33-2)19-30(20-23-10-7-16-34-23)26(31)13-14-28-27(32)29-18-21-8-5-4-6-9-21/h3-6,8-9,11-12,17,23H,1,7,10,13-16,18-20H2,2H3,(H2,28,29,32). The number of nitrogens with zero attached hydrogens (tertiary/aromatic N) is 1. The van der Waals surface area contributed by atoms with Crippen LogP contribution in [0.25, 0.3) is 0 Å². The maximum atomic E-state index is 13.1. The molecule has 1 aliphatic heterocycles. The van der Waals surface area contributed by atoms with Crippen molar-refractivity contribution in [2.75, 3.05) is 33.4 Å². The van der Waals surface area contributed by atoms with Gasteiger partial charge in [0.15, 0.2) is 11.5 Å². The molecule has 1 unspecified atom stereocenters. The predicted molar refractivity (Wildman–Crippen MR) is 134 cm³/mol. The van der Waals surface area contributed by atoms with E-state index in [2.05, 4.69) is 17.2 Å². The summed E-state index contributed by atoms with van der Waals surface area (Å²) < 4.78 is 16.9. The number of urea groups is 1. The fourth-order valence-corrected chi connectivity index (χ4v) is 3.87. The lowest BCUT2D eigenvalue weighted by molar-refractivity contribution is -0.133. The monoisotopic (exact) mass is 481 g/mol. The summed E-state index contributed by atoms with van der Waals surface area (Å²) >= 11 is 0. The minimum Gasteiger partial charge on any atom is -0.493 e.